The van der Waals surface area contributed by atoms with Crippen LogP contribution in [0.25, 0.3) is 89.9 Å². The van der Waals surface area contributed by atoms with Crippen LogP contribution in [0.15, 0.2) is 150 Å². The second kappa shape index (κ2) is 11.1. The lowest BCUT2D eigenvalue weighted by Crippen LogP contribution is -2.00. The molecule has 4 heterocycles. The van der Waals surface area contributed by atoms with Gasteiger partial charge in [0.2, 0.25) is 5.71 Å². The maximum Gasteiger partial charge on any atom is 0.227 e. The first-order valence-corrected chi connectivity index (χ1v) is 15.3. The Balaban J connectivity index is 1.17. The van der Waals surface area contributed by atoms with E-state index in [1.807, 2.05) is 146 Å². The van der Waals surface area contributed by atoms with E-state index in [4.69, 9.17) is 34.3 Å². The van der Waals surface area contributed by atoms with Gasteiger partial charge < -0.3 is 4.42 Å². The van der Waals surface area contributed by atoms with Crippen LogP contribution in [0.1, 0.15) is 0 Å². The van der Waals surface area contributed by atoms with Gasteiger partial charge in [-0.25, -0.2) is 29.9 Å². The largest absolute Gasteiger partial charge is 0.438 e. The predicted molar refractivity (Wildman–Crippen MR) is 185 cm³/mol. The van der Waals surface area contributed by atoms with Gasteiger partial charge in [-0.1, -0.05) is 115 Å². The van der Waals surface area contributed by atoms with Gasteiger partial charge in [0.15, 0.2) is 17.5 Å². The zero-order valence-electron chi connectivity index (χ0n) is 24.9. The number of para-hydroxylation sites is 3. The number of nitrogens with zero attached hydrogens (tertiary/aromatic N) is 6. The summed E-state index contributed by atoms with van der Waals surface area (Å²) in [5.41, 5.74) is 8.67. The molecule has 7 nitrogen and oxygen atoms in total. The number of aromatic nitrogens is 6. The molecule has 47 heavy (non-hydrogen) atoms. The molecule has 0 amide bonds. The number of rotatable bonds is 5. The molecule has 0 radical (unpaired) electrons. The number of benzene rings is 5. The maximum atomic E-state index is 6.12. The average molecular weight is 605 g/mol. The Kier molecular flexibility index (Phi) is 6.31. The van der Waals surface area contributed by atoms with E-state index in [0.29, 0.717) is 34.6 Å². The third-order valence-electron chi connectivity index (χ3n) is 8.17. The summed E-state index contributed by atoms with van der Waals surface area (Å²) in [4.78, 5) is 29.6. The van der Waals surface area contributed by atoms with Crippen molar-refractivity contribution in [2.75, 3.05) is 0 Å². The van der Waals surface area contributed by atoms with Crippen molar-refractivity contribution in [1.29, 1.82) is 0 Å². The van der Waals surface area contributed by atoms with Gasteiger partial charge in [0.25, 0.3) is 0 Å². The second-order valence-electron chi connectivity index (χ2n) is 11.2. The Bertz CT molecular complexity index is 2510. The number of furan rings is 1. The van der Waals surface area contributed by atoms with Gasteiger partial charge in [-0.2, -0.15) is 0 Å². The van der Waals surface area contributed by atoms with E-state index in [0.717, 1.165) is 55.3 Å². The van der Waals surface area contributed by atoms with Crippen LogP contribution in [-0.4, -0.2) is 29.9 Å². The van der Waals surface area contributed by atoms with Crippen molar-refractivity contribution >= 4 is 33.1 Å². The van der Waals surface area contributed by atoms with Crippen molar-refractivity contribution in [3.8, 4) is 56.8 Å². The van der Waals surface area contributed by atoms with Gasteiger partial charge in [0.05, 0.1) is 22.4 Å². The highest BCUT2D eigenvalue weighted by Crippen LogP contribution is 2.34. The molecule has 9 rings (SSSR count). The van der Waals surface area contributed by atoms with E-state index in [-0.39, 0.29) is 0 Å². The second-order valence-corrected chi connectivity index (χ2v) is 11.2. The molecule has 0 unspecified atom stereocenters. The fourth-order valence-electron chi connectivity index (χ4n) is 5.83. The lowest BCUT2D eigenvalue weighted by Gasteiger charge is -2.11. The zero-order valence-corrected chi connectivity index (χ0v) is 24.9. The molecule has 0 aliphatic rings. The van der Waals surface area contributed by atoms with E-state index in [9.17, 15) is 0 Å². The Morgan fingerprint density at radius 2 is 0.851 bits per heavy atom. The molecule has 0 bridgehead atoms. The fraction of sp³-hybridized carbons (Fsp3) is 0. The van der Waals surface area contributed by atoms with Crippen molar-refractivity contribution in [2.24, 2.45) is 0 Å². The molecule has 4 aromatic heterocycles. The molecule has 0 N–H and O–H groups in total. The SMILES string of the molecule is c1ccc(-c2nc(-c3ccccc3)nc(-c3ccc(-c4nc5ccccc5nc4-c4ccc5c(n4)oc4ccccc45)cc3)n2)cc1. The van der Waals surface area contributed by atoms with Crippen molar-refractivity contribution in [3.63, 3.8) is 0 Å². The number of pyridine rings is 1. The highest BCUT2D eigenvalue weighted by molar-refractivity contribution is 6.04. The first kappa shape index (κ1) is 26.8. The average Bonchev–Trinajstić information content (AvgIpc) is 3.53. The summed E-state index contributed by atoms with van der Waals surface area (Å²) in [6, 6.07) is 47.9. The van der Waals surface area contributed by atoms with Crippen molar-refractivity contribution in [2.45, 2.75) is 0 Å². The minimum Gasteiger partial charge on any atom is -0.438 e. The van der Waals surface area contributed by atoms with E-state index in [2.05, 4.69) is 0 Å². The van der Waals surface area contributed by atoms with Crippen LogP contribution >= 0.6 is 0 Å². The minimum absolute atomic E-state index is 0.568. The summed E-state index contributed by atoms with van der Waals surface area (Å²) in [6.07, 6.45) is 0. The summed E-state index contributed by atoms with van der Waals surface area (Å²) in [5, 5.41) is 2.00. The maximum absolute atomic E-state index is 6.12. The summed E-state index contributed by atoms with van der Waals surface area (Å²) in [7, 11) is 0. The van der Waals surface area contributed by atoms with Gasteiger partial charge in [-0.05, 0) is 30.3 Å². The highest BCUT2D eigenvalue weighted by atomic mass is 16.3. The first-order chi connectivity index (χ1) is 23.3. The smallest absolute Gasteiger partial charge is 0.227 e. The summed E-state index contributed by atoms with van der Waals surface area (Å²) >= 11 is 0. The van der Waals surface area contributed by atoms with E-state index in [1.165, 1.54) is 0 Å². The summed E-state index contributed by atoms with van der Waals surface area (Å²) in [5.74, 6) is 1.83. The molecule has 0 spiro atoms. The fourth-order valence-corrected chi connectivity index (χ4v) is 5.83. The van der Waals surface area contributed by atoms with Crippen molar-refractivity contribution in [1.82, 2.24) is 29.9 Å². The van der Waals surface area contributed by atoms with Crippen LogP contribution in [0.5, 0.6) is 0 Å². The van der Waals surface area contributed by atoms with Crippen LogP contribution in [0.2, 0.25) is 0 Å². The molecule has 5 aromatic carbocycles. The van der Waals surface area contributed by atoms with Crippen LogP contribution in [0, 0.1) is 0 Å². The Morgan fingerprint density at radius 1 is 0.340 bits per heavy atom. The third kappa shape index (κ3) is 4.87. The van der Waals surface area contributed by atoms with Gasteiger partial charge in [0.1, 0.15) is 11.3 Å². The molecule has 0 fully saturated rings. The highest BCUT2D eigenvalue weighted by Gasteiger charge is 2.18. The quantitative estimate of drug-likeness (QED) is 0.193. The zero-order chi connectivity index (χ0) is 31.2. The summed E-state index contributed by atoms with van der Waals surface area (Å²) in [6.45, 7) is 0. The van der Waals surface area contributed by atoms with Crippen molar-refractivity contribution in [3.05, 3.63) is 146 Å². The molecule has 220 valence electrons. The molecule has 0 saturated heterocycles. The van der Waals surface area contributed by atoms with Crippen LogP contribution < -0.4 is 0 Å². The standard InChI is InChI=1S/C40H24N6O/c1-3-11-26(12-4-1)37-44-38(27-13-5-2-6-14-27)46-39(45-37)28-21-19-25(20-22-28)35-36(42-32-17-9-8-16-31(32)41-35)33-24-23-30-29-15-7-10-18-34(29)47-40(30)43-33/h1-24H. The molecule has 0 aliphatic carbocycles. The van der Waals surface area contributed by atoms with Gasteiger partial charge >= 0.3 is 0 Å². The Hall–Kier alpha value is -6.60. The topological polar surface area (TPSA) is 90.5 Å². The van der Waals surface area contributed by atoms with Gasteiger partial charge in [0, 0.05) is 33.0 Å². The third-order valence-corrected chi connectivity index (χ3v) is 8.17. The van der Waals surface area contributed by atoms with Crippen LogP contribution in [0.3, 0.4) is 0 Å². The first-order valence-electron chi connectivity index (χ1n) is 15.3. The van der Waals surface area contributed by atoms with Crippen LogP contribution in [-0.2, 0) is 0 Å². The van der Waals surface area contributed by atoms with E-state index >= 15 is 0 Å². The molecule has 0 atom stereocenters. The molecular formula is C40H24N6O. The molecule has 7 heteroatoms. The molecular weight excluding hydrogens is 580 g/mol. The minimum atomic E-state index is 0.568. The Labute approximate surface area is 269 Å². The Morgan fingerprint density at radius 3 is 1.49 bits per heavy atom. The lowest BCUT2D eigenvalue weighted by atomic mass is 10.0. The molecule has 9 aromatic rings. The van der Waals surface area contributed by atoms with Crippen molar-refractivity contribution < 1.29 is 4.42 Å². The number of fused-ring (bicyclic) bond motifs is 4. The number of hydrogen-bond donors (Lipinski definition) is 0. The van der Waals surface area contributed by atoms with E-state index in [1.54, 1.807) is 0 Å². The van der Waals surface area contributed by atoms with Gasteiger partial charge in [-0.15, -0.1) is 0 Å². The summed E-state index contributed by atoms with van der Waals surface area (Å²) < 4.78 is 6.12. The molecule has 0 aliphatic heterocycles. The predicted octanol–water partition coefficient (Wildman–Crippen LogP) is 9.44. The van der Waals surface area contributed by atoms with Crippen LogP contribution in [0.4, 0.5) is 0 Å². The number of hydrogen-bond acceptors (Lipinski definition) is 7. The normalized spacial score (nSPS) is 11.4. The van der Waals surface area contributed by atoms with E-state index < -0.39 is 0 Å². The molecule has 0 saturated carbocycles. The lowest BCUT2D eigenvalue weighted by molar-refractivity contribution is 0.654. The monoisotopic (exact) mass is 604 g/mol. The van der Waals surface area contributed by atoms with Gasteiger partial charge in [-0.3, -0.25) is 0 Å².